The standard InChI is InChI=1S/C19H21FN4O/c1-25-13-19-22-7-6-18(23-19)16-3-2-8-24(12-16)11-15-5-4-14(10-21)9-17(15)20/h4-7,9,16H,2-3,8,11-13H2,1H3/t16-/m1/s1. The lowest BCUT2D eigenvalue weighted by molar-refractivity contribution is 0.175. The summed E-state index contributed by atoms with van der Waals surface area (Å²) in [6.45, 7) is 2.72. The van der Waals surface area contributed by atoms with Crippen LogP contribution in [0.2, 0.25) is 0 Å². The highest BCUT2D eigenvalue weighted by atomic mass is 19.1. The maximum absolute atomic E-state index is 14.1. The number of halogens is 1. The molecule has 130 valence electrons. The van der Waals surface area contributed by atoms with Gasteiger partial charge >= 0.3 is 0 Å². The van der Waals surface area contributed by atoms with Gasteiger partial charge in [0.25, 0.3) is 0 Å². The minimum Gasteiger partial charge on any atom is -0.377 e. The number of rotatable bonds is 5. The molecule has 25 heavy (non-hydrogen) atoms. The summed E-state index contributed by atoms with van der Waals surface area (Å²) in [5.41, 5.74) is 2.00. The third kappa shape index (κ3) is 4.38. The Morgan fingerprint density at radius 3 is 3.04 bits per heavy atom. The van der Waals surface area contributed by atoms with Crippen LogP contribution in [-0.4, -0.2) is 35.1 Å². The van der Waals surface area contributed by atoms with Crippen LogP contribution in [0.1, 0.15) is 41.4 Å². The summed E-state index contributed by atoms with van der Waals surface area (Å²) in [6, 6.07) is 8.60. The largest absolute Gasteiger partial charge is 0.377 e. The van der Waals surface area contributed by atoms with Crippen molar-refractivity contribution in [1.29, 1.82) is 5.26 Å². The van der Waals surface area contributed by atoms with Crippen LogP contribution in [0.15, 0.2) is 30.5 Å². The van der Waals surface area contributed by atoms with Crippen molar-refractivity contribution in [1.82, 2.24) is 14.9 Å². The van der Waals surface area contributed by atoms with Gasteiger partial charge in [0.2, 0.25) is 0 Å². The van der Waals surface area contributed by atoms with Gasteiger partial charge in [-0.2, -0.15) is 5.26 Å². The Balaban J connectivity index is 1.69. The first-order chi connectivity index (χ1) is 12.2. The first kappa shape index (κ1) is 17.5. The lowest BCUT2D eigenvalue weighted by atomic mass is 9.94. The van der Waals surface area contributed by atoms with Crippen LogP contribution in [-0.2, 0) is 17.9 Å². The summed E-state index contributed by atoms with van der Waals surface area (Å²) < 4.78 is 19.2. The summed E-state index contributed by atoms with van der Waals surface area (Å²) in [4.78, 5) is 11.1. The predicted molar refractivity (Wildman–Crippen MR) is 91.1 cm³/mol. The SMILES string of the molecule is COCc1nccc([C@@H]2CCCN(Cc3ccc(C#N)cc3F)C2)n1. The van der Waals surface area contributed by atoms with Crippen LogP contribution < -0.4 is 0 Å². The highest BCUT2D eigenvalue weighted by Gasteiger charge is 2.23. The van der Waals surface area contributed by atoms with Crippen molar-refractivity contribution in [2.45, 2.75) is 31.9 Å². The highest BCUT2D eigenvalue weighted by Crippen LogP contribution is 2.27. The van der Waals surface area contributed by atoms with Crippen molar-refractivity contribution in [3.8, 4) is 6.07 Å². The minimum atomic E-state index is -0.314. The Kier molecular flexibility index (Phi) is 5.69. The Bertz CT molecular complexity index is 774. The van der Waals surface area contributed by atoms with Crippen LogP contribution in [0.5, 0.6) is 0 Å². The fourth-order valence-electron chi connectivity index (χ4n) is 3.27. The van der Waals surface area contributed by atoms with E-state index in [1.54, 1.807) is 25.4 Å². The van der Waals surface area contributed by atoms with Gasteiger partial charge in [0.05, 0.1) is 11.6 Å². The van der Waals surface area contributed by atoms with Crippen molar-refractivity contribution in [3.63, 3.8) is 0 Å². The fraction of sp³-hybridized carbons (Fsp3) is 0.421. The predicted octanol–water partition coefficient (Wildman–Crippen LogP) is 3.01. The molecule has 2 aromatic rings. The second-order valence-corrected chi connectivity index (χ2v) is 6.32. The zero-order valence-corrected chi connectivity index (χ0v) is 14.3. The van der Waals surface area contributed by atoms with E-state index in [1.165, 1.54) is 6.07 Å². The van der Waals surface area contributed by atoms with Crippen LogP contribution in [0, 0.1) is 17.1 Å². The fourth-order valence-corrected chi connectivity index (χ4v) is 3.27. The maximum atomic E-state index is 14.1. The van der Waals surface area contributed by atoms with Crippen molar-refractivity contribution in [2.24, 2.45) is 0 Å². The summed E-state index contributed by atoms with van der Waals surface area (Å²) >= 11 is 0. The van der Waals surface area contributed by atoms with E-state index in [9.17, 15) is 4.39 Å². The third-order valence-corrected chi connectivity index (χ3v) is 4.50. The Labute approximate surface area is 147 Å². The number of likely N-dealkylation sites (tertiary alicyclic amines) is 1. The van der Waals surface area contributed by atoms with Gasteiger partial charge < -0.3 is 4.74 Å². The van der Waals surface area contributed by atoms with E-state index < -0.39 is 0 Å². The summed E-state index contributed by atoms with van der Waals surface area (Å²) in [5, 5.41) is 8.85. The lowest BCUT2D eigenvalue weighted by Gasteiger charge is -2.32. The van der Waals surface area contributed by atoms with Gasteiger partial charge in [-0.1, -0.05) is 6.07 Å². The number of nitriles is 1. The van der Waals surface area contributed by atoms with Gasteiger partial charge in [0.15, 0.2) is 5.82 Å². The smallest absolute Gasteiger partial charge is 0.154 e. The molecule has 3 rings (SSSR count). The van der Waals surface area contributed by atoms with Crippen LogP contribution in [0.3, 0.4) is 0 Å². The molecule has 2 heterocycles. The molecule has 1 saturated heterocycles. The first-order valence-electron chi connectivity index (χ1n) is 8.41. The number of ether oxygens (including phenoxy) is 1. The molecule has 5 nitrogen and oxygen atoms in total. The molecule has 0 aliphatic carbocycles. The van der Waals surface area contributed by atoms with Gasteiger partial charge in [0.1, 0.15) is 12.4 Å². The average Bonchev–Trinajstić information content (AvgIpc) is 2.64. The molecule has 1 aromatic carbocycles. The number of methoxy groups -OCH3 is 1. The van der Waals surface area contributed by atoms with E-state index in [0.717, 1.165) is 31.6 Å². The highest BCUT2D eigenvalue weighted by molar-refractivity contribution is 5.32. The molecule has 0 amide bonds. The molecule has 1 aliphatic rings. The van der Waals surface area contributed by atoms with Crippen molar-refractivity contribution >= 4 is 0 Å². The summed E-state index contributed by atoms with van der Waals surface area (Å²) in [5.74, 6) is 0.689. The molecule has 1 aromatic heterocycles. The van der Waals surface area contributed by atoms with Crippen LogP contribution in [0.4, 0.5) is 4.39 Å². The zero-order chi connectivity index (χ0) is 17.6. The average molecular weight is 340 g/mol. The summed E-state index contributed by atoms with van der Waals surface area (Å²) in [7, 11) is 1.63. The molecular weight excluding hydrogens is 319 g/mol. The third-order valence-electron chi connectivity index (χ3n) is 4.50. The van der Waals surface area contributed by atoms with Gasteiger partial charge in [0, 0.05) is 43.6 Å². The molecule has 1 atom stereocenters. The molecule has 0 radical (unpaired) electrons. The number of aromatic nitrogens is 2. The van der Waals surface area contributed by atoms with E-state index in [1.807, 2.05) is 12.1 Å². The van der Waals surface area contributed by atoms with Gasteiger partial charge in [-0.15, -0.1) is 0 Å². The molecule has 0 saturated carbocycles. The first-order valence-corrected chi connectivity index (χ1v) is 8.41. The van der Waals surface area contributed by atoms with Gasteiger partial charge in [-0.05, 0) is 37.6 Å². The number of nitrogens with zero attached hydrogens (tertiary/aromatic N) is 4. The molecule has 6 heteroatoms. The second kappa shape index (κ2) is 8.15. The van der Waals surface area contributed by atoms with Crippen LogP contribution >= 0.6 is 0 Å². The van der Waals surface area contributed by atoms with Crippen LogP contribution in [0.25, 0.3) is 0 Å². The number of hydrogen-bond donors (Lipinski definition) is 0. The monoisotopic (exact) mass is 340 g/mol. The molecular formula is C19H21FN4O. The van der Waals surface area contributed by atoms with E-state index in [-0.39, 0.29) is 5.82 Å². The number of piperidine rings is 1. The topological polar surface area (TPSA) is 62.0 Å². The normalized spacial score (nSPS) is 18.0. The zero-order valence-electron chi connectivity index (χ0n) is 14.3. The molecule has 0 bridgehead atoms. The van der Waals surface area contributed by atoms with E-state index in [0.29, 0.717) is 36.0 Å². The molecule has 1 fully saturated rings. The van der Waals surface area contributed by atoms with E-state index in [4.69, 9.17) is 10.00 Å². The number of hydrogen-bond acceptors (Lipinski definition) is 5. The van der Waals surface area contributed by atoms with Crippen molar-refractivity contribution < 1.29 is 9.13 Å². The van der Waals surface area contributed by atoms with E-state index in [2.05, 4.69) is 14.9 Å². The second-order valence-electron chi connectivity index (χ2n) is 6.32. The molecule has 0 N–H and O–H groups in total. The minimum absolute atomic E-state index is 0.314. The maximum Gasteiger partial charge on any atom is 0.154 e. The van der Waals surface area contributed by atoms with Crippen molar-refractivity contribution in [3.05, 3.63) is 58.9 Å². The summed E-state index contributed by atoms with van der Waals surface area (Å²) in [6.07, 6.45) is 3.89. The molecule has 1 aliphatic heterocycles. The Morgan fingerprint density at radius 2 is 2.28 bits per heavy atom. The Morgan fingerprint density at radius 1 is 1.40 bits per heavy atom. The Hall–Kier alpha value is -2.36. The van der Waals surface area contributed by atoms with Gasteiger partial charge in [-0.25, -0.2) is 14.4 Å². The molecule has 0 spiro atoms. The van der Waals surface area contributed by atoms with E-state index >= 15 is 0 Å². The molecule has 0 unspecified atom stereocenters. The van der Waals surface area contributed by atoms with Gasteiger partial charge in [-0.3, -0.25) is 4.90 Å². The lowest BCUT2D eigenvalue weighted by Crippen LogP contribution is -2.34. The number of benzene rings is 1. The van der Waals surface area contributed by atoms with Crippen molar-refractivity contribution in [2.75, 3.05) is 20.2 Å². The quantitative estimate of drug-likeness (QED) is 0.837.